The van der Waals surface area contributed by atoms with Gasteiger partial charge in [-0.2, -0.15) is 0 Å². The maximum Gasteiger partial charge on any atom is 0.0449 e. The zero-order valence-electron chi connectivity index (χ0n) is 10.1. The van der Waals surface area contributed by atoms with Crippen LogP contribution in [0.5, 0.6) is 0 Å². The fourth-order valence-electron chi connectivity index (χ4n) is 1.78. The van der Waals surface area contributed by atoms with Crippen LogP contribution < -0.4 is 5.32 Å². The number of halogens is 2. The zero-order chi connectivity index (χ0) is 12.1. The van der Waals surface area contributed by atoms with Gasteiger partial charge in [-0.1, -0.05) is 47.4 Å². The van der Waals surface area contributed by atoms with Crippen molar-refractivity contribution < 1.29 is 0 Å². The Morgan fingerprint density at radius 2 is 2.06 bits per heavy atom. The summed E-state index contributed by atoms with van der Waals surface area (Å²) < 4.78 is 1.04. The van der Waals surface area contributed by atoms with E-state index < -0.39 is 0 Å². The third kappa shape index (κ3) is 4.08. The Bertz CT molecular complexity index is 339. The van der Waals surface area contributed by atoms with Crippen molar-refractivity contribution in [1.29, 1.82) is 0 Å². The van der Waals surface area contributed by atoms with Gasteiger partial charge in [-0.15, -0.1) is 0 Å². The van der Waals surface area contributed by atoms with E-state index in [4.69, 9.17) is 11.6 Å². The van der Waals surface area contributed by atoms with Crippen molar-refractivity contribution in [1.82, 2.24) is 5.32 Å². The standard InChI is InChI=1S/C13H19BrClN/c1-9(2)11(8-16-3)6-10-4-5-12(14)7-13(10)15/h4-5,7,9,11,16H,6,8H2,1-3H3. The highest BCUT2D eigenvalue weighted by Gasteiger charge is 2.14. The summed E-state index contributed by atoms with van der Waals surface area (Å²) in [5.74, 6) is 1.29. The Hall–Kier alpha value is -0.0500. The van der Waals surface area contributed by atoms with E-state index in [-0.39, 0.29) is 0 Å². The molecule has 1 rings (SSSR count). The van der Waals surface area contributed by atoms with Crippen LogP contribution in [0.2, 0.25) is 5.02 Å². The summed E-state index contributed by atoms with van der Waals surface area (Å²) in [5, 5.41) is 4.11. The Morgan fingerprint density at radius 3 is 2.56 bits per heavy atom. The third-order valence-corrected chi connectivity index (χ3v) is 3.75. The molecular weight excluding hydrogens is 286 g/mol. The molecule has 1 N–H and O–H groups in total. The van der Waals surface area contributed by atoms with Crippen LogP contribution in [-0.2, 0) is 6.42 Å². The molecule has 0 aliphatic heterocycles. The number of hydrogen-bond acceptors (Lipinski definition) is 1. The molecule has 0 bridgehead atoms. The van der Waals surface area contributed by atoms with E-state index >= 15 is 0 Å². The van der Waals surface area contributed by atoms with Gasteiger partial charge < -0.3 is 5.32 Å². The van der Waals surface area contributed by atoms with Gasteiger partial charge >= 0.3 is 0 Å². The molecular formula is C13H19BrClN. The number of benzene rings is 1. The lowest BCUT2D eigenvalue weighted by atomic mass is 9.89. The number of rotatable bonds is 5. The molecule has 0 radical (unpaired) electrons. The lowest BCUT2D eigenvalue weighted by Crippen LogP contribution is -2.25. The fraction of sp³-hybridized carbons (Fsp3) is 0.538. The predicted octanol–water partition coefficient (Wildman–Crippen LogP) is 4.14. The van der Waals surface area contributed by atoms with Crippen molar-refractivity contribution in [3.63, 3.8) is 0 Å². The van der Waals surface area contributed by atoms with E-state index in [0.717, 1.165) is 22.5 Å². The van der Waals surface area contributed by atoms with Crippen molar-refractivity contribution in [2.75, 3.05) is 13.6 Å². The first kappa shape index (κ1) is 14.0. The molecule has 1 aromatic rings. The highest BCUT2D eigenvalue weighted by molar-refractivity contribution is 9.10. The molecule has 0 saturated carbocycles. The summed E-state index contributed by atoms with van der Waals surface area (Å²) in [6.45, 7) is 5.55. The van der Waals surface area contributed by atoms with E-state index in [9.17, 15) is 0 Å². The van der Waals surface area contributed by atoms with Crippen LogP contribution in [0.4, 0.5) is 0 Å². The molecule has 1 aromatic carbocycles. The van der Waals surface area contributed by atoms with Gasteiger partial charge in [-0.3, -0.25) is 0 Å². The first-order valence-electron chi connectivity index (χ1n) is 5.63. The normalized spacial score (nSPS) is 13.1. The Kier molecular flexibility index (Phi) is 5.81. The predicted molar refractivity (Wildman–Crippen MR) is 75.1 cm³/mol. The minimum absolute atomic E-state index is 0.628. The van der Waals surface area contributed by atoms with Crippen LogP contribution in [0.1, 0.15) is 19.4 Å². The van der Waals surface area contributed by atoms with Crippen LogP contribution in [0.3, 0.4) is 0 Å². The summed E-state index contributed by atoms with van der Waals surface area (Å²) in [6.07, 6.45) is 1.03. The first-order valence-corrected chi connectivity index (χ1v) is 6.80. The quantitative estimate of drug-likeness (QED) is 0.862. The fourth-order valence-corrected chi connectivity index (χ4v) is 2.53. The summed E-state index contributed by atoms with van der Waals surface area (Å²) in [4.78, 5) is 0. The van der Waals surface area contributed by atoms with Gasteiger partial charge in [0.2, 0.25) is 0 Å². The Morgan fingerprint density at radius 1 is 1.38 bits per heavy atom. The van der Waals surface area contributed by atoms with Gasteiger partial charge in [0.05, 0.1) is 0 Å². The van der Waals surface area contributed by atoms with E-state index in [0.29, 0.717) is 11.8 Å². The largest absolute Gasteiger partial charge is 0.319 e. The van der Waals surface area contributed by atoms with E-state index in [1.165, 1.54) is 5.56 Å². The Balaban J connectivity index is 2.77. The number of hydrogen-bond donors (Lipinski definition) is 1. The molecule has 0 fully saturated rings. The lowest BCUT2D eigenvalue weighted by Gasteiger charge is -2.21. The number of nitrogens with one attached hydrogen (secondary N) is 1. The van der Waals surface area contributed by atoms with Gasteiger partial charge in [-0.25, -0.2) is 0 Å². The van der Waals surface area contributed by atoms with Crippen LogP contribution >= 0.6 is 27.5 Å². The molecule has 0 aliphatic rings. The monoisotopic (exact) mass is 303 g/mol. The molecule has 16 heavy (non-hydrogen) atoms. The van der Waals surface area contributed by atoms with Gasteiger partial charge in [0, 0.05) is 9.50 Å². The molecule has 0 saturated heterocycles. The molecule has 1 nitrogen and oxygen atoms in total. The van der Waals surface area contributed by atoms with Crippen LogP contribution in [0, 0.1) is 11.8 Å². The highest BCUT2D eigenvalue weighted by atomic mass is 79.9. The van der Waals surface area contributed by atoms with E-state index in [1.54, 1.807) is 0 Å². The van der Waals surface area contributed by atoms with E-state index in [1.807, 2.05) is 13.1 Å². The van der Waals surface area contributed by atoms with Crippen LogP contribution in [0.15, 0.2) is 22.7 Å². The second-order valence-electron chi connectivity index (χ2n) is 4.50. The average molecular weight is 305 g/mol. The second-order valence-corrected chi connectivity index (χ2v) is 5.82. The first-order chi connectivity index (χ1) is 7.54. The zero-order valence-corrected chi connectivity index (χ0v) is 12.4. The minimum Gasteiger partial charge on any atom is -0.319 e. The van der Waals surface area contributed by atoms with Crippen LogP contribution in [0.25, 0.3) is 0 Å². The maximum atomic E-state index is 6.23. The summed E-state index contributed by atoms with van der Waals surface area (Å²) in [7, 11) is 2.00. The third-order valence-electron chi connectivity index (χ3n) is 2.91. The molecule has 0 amide bonds. The van der Waals surface area contributed by atoms with Gasteiger partial charge in [0.25, 0.3) is 0 Å². The SMILES string of the molecule is CNCC(Cc1ccc(Br)cc1Cl)C(C)C. The van der Waals surface area contributed by atoms with Crippen molar-refractivity contribution in [3.8, 4) is 0 Å². The summed E-state index contributed by atoms with van der Waals surface area (Å²) in [6, 6.07) is 6.13. The van der Waals surface area contributed by atoms with Crippen molar-refractivity contribution in [2.24, 2.45) is 11.8 Å². The van der Waals surface area contributed by atoms with Gasteiger partial charge in [-0.05, 0) is 49.5 Å². The highest BCUT2D eigenvalue weighted by Crippen LogP contribution is 2.25. The lowest BCUT2D eigenvalue weighted by molar-refractivity contribution is 0.370. The summed E-state index contributed by atoms with van der Waals surface area (Å²) in [5.41, 5.74) is 1.24. The molecule has 0 aliphatic carbocycles. The minimum atomic E-state index is 0.628. The Labute approximate surface area is 112 Å². The average Bonchev–Trinajstić information content (AvgIpc) is 2.20. The smallest absolute Gasteiger partial charge is 0.0449 e. The topological polar surface area (TPSA) is 12.0 Å². The van der Waals surface area contributed by atoms with Crippen molar-refractivity contribution in [2.45, 2.75) is 20.3 Å². The van der Waals surface area contributed by atoms with Crippen molar-refractivity contribution in [3.05, 3.63) is 33.3 Å². The van der Waals surface area contributed by atoms with E-state index in [2.05, 4.69) is 47.2 Å². The molecule has 0 spiro atoms. The van der Waals surface area contributed by atoms with Crippen molar-refractivity contribution >= 4 is 27.5 Å². The molecule has 3 heteroatoms. The second kappa shape index (κ2) is 6.63. The molecule has 0 aromatic heterocycles. The molecule has 1 unspecified atom stereocenters. The molecule has 1 atom stereocenters. The van der Waals surface area contributed by atoms with Gasteiger partial charge in [0.1, 0.15) is 0 Å². The molecule has 90 valence electrons. The summed E-state index contributed by atoms with van der Waals surface area (Å²) >= 11 is 9.65. The van der Waals surface area contributed by atoms with Gasteiger partial charge in [0.15, 0.2) is 0 Å². The maximum absolute atomic E-state index is 6.23. The molecule has 0 heterocycles. The van der Waals surface area contributed by atoms with Crippen LogP contribution in [-0.4, -0.2) is 13.6 Å².